The van der Waals surface area contributed by atoms with Crippen LogP contribution < -0.4 is 5.32 Å². The fourth-order valence-corrected chi connectivity index (χ4v) is 8.68. The molecule has 0 saturated heterocycles. The molecule has 3 atom stereocenters. The van der Waals surface area contributed by atoms with Crippen LogP contribution in [0.2, 0.25) is 0 Å². The Balaban J connectivity index is 4.35. The van der Waals surface area contributed by atoms with E-state index in [1.54, 1.807) is 6.08 Å². The van der Waals surface area contributed by atoms with Crippen LogP contribution in [0.5, 0.6) is 0 Å². The molecule has 0 aromatic heterocycles. The predicted octanol–water partition coefficient (Wildman–Crippen LogP) is 18.0. The van der Waals surface area contributed by atoms with Crippen molar-refractivity contribution in [3.8, 4) is 0 Å². The number of nitrogens with one attached hydrogen (secondary N) is 1. The third-order valence-electron chi connectivity index (χ3n) is 12.5. The molecule has 0 saturated carbocycles. The Morgan fingerprint density at radius 2 is 0.833 bits per heavy atom. The number of hydrogen-bond donors (Lipinski definition) is 3. The molecule has 0 heterocycles. The van der Waals surface area contributed by atoms with Crippen LogP contribution in [0.3, 0.4) is 0 Å². The van der Waals surface area contributed by atoms with Crippen molar-refractivity contribution in [2.24, 2.45) is 0 Å². The number of aliphatic hydroxyl groups excluding tert-OH is 1. The lowest BCUT2D eigenvalue weighted by atomic mass is 10.0. The lowest BCUT2D eigenvalue weighted by Gasteiger charge is -2.25. The van der Waals surface area contributed by atoms with Gasteiger partial charge in [0.1, 0.15) is 13.2 Å². The summed E-state index contributed by atoms with van der Waals surface area (Å²) in [6.45, 7) is 4.67. The van der Waals surface area contributed by atoms with Gasteiger partial charge in [0.05, 0.1) is 39.9 Å². The summed E-state index contributed by atoms with van der Waals surface area (Å²) in [4.78, 5) is 23.3. The summed E-state index contributed by atoms with van der Waals surface area (Å²) in [7, 11) is 1.53. The van der Waals surface area contributed by atoms with E-state index in [0.717, 1.165) is 83.5 Å². The summed E-state index contributed by atoms with van der Waals surface area (Å²) in [5, 5.41) is 13.9. The van der Waals surface area contributed by atoms with E-state index < -0.39 is 20.0 Å². The molecule has 0 spiro atoms. The molecular formula is C63H112N2O6P+. The van der Waals surface area contributed by atoms with Gasteiger partial charge in [-0.2, -0.15) is 0 Å². The van der Waals surface area contributed by atoms with E-state index in [9.17, 15) is 19.4 Å². The summed E-state index contributed by atoms with van der Waals surface area (Å²) in [6.07, 6.45) is 77.6. The first-order valence-electron chi connectivity index (χ1n) is 29.3. The number of phosphoric ester groups is 1. The molecule has 0 fully saturated rings. The van der Waals surface area contributed by atoms with E-state index in [2.05, 4.69) is 116 Å². The van der Waals surface area contributed by atoms with Crippen molar-refractivity contribution < 1.29 is 32.9 Å². The minimum Gasteiger partial charge on any atom is -0.387 e. The molecule has 3 N–H and O–H groups in total. The Hall–Kier alpha value is -2.84. The molecule has 0 bridgehead atoms. The third kappa shape index (κ3) is 54.9. The molecule has 1 amide bonds. The van der Waals surface area contributed by atoms with Gasteiger partial charge in [0.25, 0.3) is 0 Å². The second-order valence-electron chi connectivity index (χ2n) is 20.6. The first-order chi connectivity index (χ1) is 35.0. The fourth-order valence-electron chi connectivity index (χ4n) is 7.94. The number of quaternary nitrogens is 1. The molecule has 3 unspecified atom stereocenters. The van der Waals surface area contributed by atoms with Crippen molar-refractivity contribution >= 4 is 13.7 Å². The number of carbonyl (C=O) groups is 1. The van der Waals surface area contributed by atoms with E-state index in [-0.39, 0.29) is 19.1 Å². The lowest BCUT2D eigenvalue weighted by Crippen LogP contribution is -2.45. The average molecular weight is 1020 g/mol. The van der Waals surface area contributed by atoms with Crippen molar-refractivity contribution in [2.75, 3.05) is 40.9 Å². The first-order valence-corrected chi connectivity index (χ1v) is 30.8. The molecule has 0 aliphatic carbocycles. The second kappa shape index (κ2) is 53.0. The molecule has 8 nitrogen and oxygen atoms in total. The van der Waals surface area contributed by atoms with Crippen molar-refractivity contribution in [1.82, 2.24) is 5.32 Å². The number of nitrogens with zero attached hydrogens (tertiary/aromatic N) is 1. The molecule has 9 heteroatoms. The Morgan fingerprint density at radius 1 is 0.486 bits per heavy atom. The van der Waals surface area contributed by atoms with Crippen LogP contribution in [0.1, 0.15) is 232 Å². The molecule has 0 aliphatic rings. The van der Waals surface area contributed by atoms with Gasteiger partial charge in [-0.3, -0.25) is 13.8 Å². The molecule has 0 aromatic rings. The van der Waals surface area contributed by atoms with Gasteiger partial charge in [-0.1, -0.05) is 252 Å². The van der Waals surface area contributed by atoms with Gasteiger partial charge in [-0.05, 0) is 83.5 Å². The normalized spacial score (nSPS) is 14.7. The second-order valence-corrected chi connectivity index (χ2v) is 22.1. The number of amides is 1. The van der Waals surface area contributed by atoms with Crippen LogP contribution >= 0.6 is 7.82 Å². The number of likely N-dealkylation sites (N-methyl/N-ethyl adjacent to an activating group) is 1. The molecule has 0 aromatic carbocycles. The van der Waals surface area contributed by atoms with Gasteiger partial charge < -0.3 is 19.8 Å². The minimum atomic E-state index is -4.37. The number of phosphoric acid groups is 1. The quantitative estimate of drug-likeness (QED) is 0.0243. The summed E-state index contributed by atoms with van der Waals surface area (Å²) in [6, 6.07) is -0.879. The van der Waals surface area contributed by atoms with Crippen molar-refractivity contribution in [1.29, 1.82) is 0 Å². The molecule has 0 radical (unpaired) electrons. The Kier molecular flexibility index (Phi) is 50.9. The van der Waals surface area contributed by atoms with Crippen molar-refractivity contribution in [3.63, 3.8) is 0 Å². The van der Waals surface area contributed by atoms with Gasteiger partial charge in [-0.15, -0.1) is 0 Å². The summed E-state index contributed by atoms with van der Waals surface area (Å²) in [5.41, 5.74) is 0. The maximum absolute atomic E-state index is 13.0. The largest absolute Gasteiger partial charge is 0.472 e. The highest BCUT2D eigenvalue weighted by Crippen LogP contribution is 2.43. The van der Waals surface area contributed by atoms with Gasteiger partial charge in [0, 0.05) is 6.42 Å². The monoisotopic (exact) mass is 1020 g/mol. The number of aliphatic hydroxyl groups is 1. The van der Waals surface area contributed by atoms with E-state index in [4.69, 9.17) is 9.05 Å². The van der Waals surface area contributed by atoms with Crippen LogP contribution in [0, 0.1) is 0 Å². The zero-order chi connectivity index (χ0) is 52.7. The van der Waals surface area contributed by atoms with Crippen LogP contribution in [0.4, 0.5) is 0 Å². The minimum absolute atomic E-state index is 0.0469. The van der Waals surface area contributed by atoms with Gasteiger partial charge >= 0.3 is 7.82 Å². The highest BCUT2D eigenvalue weighted by atomic mass is 31.2. The van der Waals surface area contributed by atoms with E-state index in [1.165, 1.54) is 122 Å². The lowest BCUT2D eigenvalue weighted by molar-refractivity contribution is -0.870. The van der Waals surface area contributed by atoms with E-state index in [1.807, 2.05) is 27.2 Å². The topological polar surface area (TPSA) is 105 Å². The van der Waals surface area contributed by atoms with Crippen LogP contribution in [-0.4, -0.2) is 73.4 Å². The van der Waals surface area contributed by atoms with Crippen molar-refractivity contribution in [2.45, 2.75) is 244 Å². The standard InChI is InChI=1S/C63H111N2O6P/c1-6-8-10-12-14-16-18-20-22-24-26-28-30-31-32-33-35-37-39-41-43-45-47-49-51-53-55-57-63(67)64-61(60-71-72(68,69)70-59-58-65(3,4)5)62(66)56-54-52-50-48-46-44-42-40-38-36-34-29-27-25-23-21-19-17-15-13-11-9-7-2/h8,10,14,16,20,22,26,28,31-32,35,37,41,43,47,49,54,56,61-62,66H,6-7,9,11-13,15,17-19,21,23-25,27,29-30,33-34,36,38-40,42,44-46,48,50-53,55,57-60H2,1-5H3,(H-,64,67,68,69)/p+1/b10-8-,16-14-,22-20-,28-26-,32-31-,37-35-,43-41-,49-47-,56-54+. The SMILES string of the molecule is CC/C=C\C/C=C\C/C=C\C/C=C\C/C=C\C/C=C\C/C=C\C/C=C\CCCCC(=O)NC(COP(=O)(O)OCC[N+](C)(C)C)C(O)/C=C/CCCCCCCCCCCCCCCCCCCCCCC. The summed E-state index contributed by atoms with van der Waals surface area (Å²) >= 11 is 0. The number of allylic oxidation sites excluding steroid dienone is 17. The van der Waals surface area contributed by atoms with E-state index in [0.29, 0.717) is 23.9 Å². The fraction of sp³-hybridized carbons (Fsp3) is 0.698. The average Bonchev–Trinajstić information content (AvgIpc) is 3.34. The Labute approximate surface area is 444 Å². The number of carbonyl (C=O) groups excluding carboxylic acids is 1. The highest BCUT2D eigenvalue weighted by Gasteiger charge is 2.27. The van der Waals surface area contributed by atoms with Crippen LogP contribution in [0.25, 0.3) is 0 Å². The summed E-state index contributed by atoms with van der Waals surface area (Å²) < 4.78 is 23.7. The van der Waals surface area contributed by atoms with E-state index >= 15 is 0 Å². The molecule has 0 aliphatic heterocycles. The Morgan fingerprint density at radius 3 is 1.22 bits per heavy atom. The van der Waals surface area contributed by atoms with Crippen molar-refractivity contribution in [3.05, 3.63) is 109 Å². The predicted molar refractivity (Wildman–Crippen MR) is 313 cm³/mol. The zero-order valence-corrected chi connectivity index (χ0v) is 48.0. The number of unbranched alkanes of at least 4 members (excludes halogenated alkanes) is 23. The third-order valence-corrected chi connectivity index (χ3v) is 13.5. The van der Waals surface area contributed by atoms with Crippen LogP contribution in [0.15, 0.2) is 109 Å². The summed E-state index contributed by atoms with van der Waals surface area (Å²) in [5.74, 6) is -0.222. The maximum Gasteiger partial charge on any atom is 0.472 e. The van der Waals surface area contributed by atoms with Gasteiger partial charge in [0.2, 0.25) is 5.91 Å². The van der Waals surface area contributed by atoms with Crippen LogP contribution in [-0.2, 0) is 18.4 Å². The van der Waals surface area contributed by atoms with Gasteiger partial charge in [0.15, 0.2) is 0 Å². The maximum atomic E-state index is 13.0. The highest BCUT2D eigenvalue weighted by molar-refractivity contribution is 7.47. The molecule has 72 heavy (non-hydrogen) atoms. The molecule has 0 rings (SSSR count). The Bertz CT molecular complexity index is 1540. The first kappa shape index (κ1) is 69.2. The molecular weight excluding hydrogens is 912 g/mol. The molecule has 414 valence electrons. The number of rotatable bonds is 52. The van der Waals surface area contributed by atoms with Gasteiger partial charge in [-0.25, -0.2) is 4.57 Å². The number of hydrogen-bond acceptors (Lipinski definition) is 5. The zero-order valence-electron chi connectivity index (χ0n) is 47.1. The smallest absolute Gasteiger partial charge is 0.387 e.